The van der Waals surface area contributed by atoms with E-state index in [2.05, 4.69) is 35.4 Å². The van der Waals surface area contributed by atoms with Gasteiger partial charge in [0.1, 0.15) is 0 Å². The summed E-state index contributed by atoms with van der Waals surface area (Å²) < 4.78 is 0. The molecule has 17 heavy (non-hydrogen) atoms. The Bertz CT molecular complexity index is 454. The molecule has 0 fully saturated rings. The normalized spacial score (nSPS) is 23.1. The van der Waals surface area contributed by atoms with E-state index in [1.165, 1.54) is 41.8 Å². The van der Waals surface area contributed by atoms with Crippen LogP contribution in [0.15, 0.2) is 23.2 Å². The maximum absolute atomic E-state index is 4.57. The number of thioether (sulfide) groups is 1. The summed E-state index contributed by atoms with van der Waals surface area (Å²) in [5.41, 5.74) is 4.25. The summed E-state index contributed by atoms with van der Waals surface area (Å²) in [4.78, 5) is 4.57. The number of anilines is 1. The van der Waals surface area contributed by atoms with Gasteiger partial charge in [-0.3, -0.25) is 4.99 Å². The lowest BCUT2D eigenvalue weighted by atomic mass is 10.1. The second-order valence-electron chi connectivity index (χ2n) is 5.02. The number of fused-ring (bicyclic) bond motifs is 1. The van der Waals surface area contributed by atoms with Crippen LogP contribution in [0.5, 0.6) is 0 Å². The van der Waals surface area contributed by atoms with Gasteiger partial charge in [0.25, 0.3) is 0 Å². The average Bonchev–Trinajstić information content (AvgIpc) is 2.79. The highest BCUT2D eigenvalue weighted by molar-refractivity contribution is 8.14. The van der Waals surface area contributed by atoms with Crippen LogP contribution >= 0.6 is 11.8 Å². The van der Waals surface area contributed by atoms with Crippen molar-refractivity contribution in [2.45, 2.75) is 26.2 Å². The molecule has 90 valence electrons. The number of rotatable bonds is 1. The zero-order chi connectivity index (χ0) is 11.7. The monoisotopic (exact) mass is 246 g/mol. The molecule has 0 aromatic heterocycles. The molecule has 1 N–H and O–H groups in total. The molecule has 2 nitrogen and oxygen atoms in total. The molecule has 2 aliphatic rings. The number of aryl methyl sites for hydroxylation is 2. The van der Waals surface area contributed by atoms with Gasteiger partial charge in [0.2, 0.25) is 0 Å². The van der Waals surface area contributed by atoms with Crippen molar-refractivity contribution in [1.29, 1.82) is 0 Å². The molecule has 1 atom stereocenters. The molecular weight excluding hydrogens is 228 g/mol. The van der Waals surface area contributed by atoms with Crippen LogP contribution in [0.25, 0.3) is 0 Å². The highest BCUT2D eigenvalue weighted by Crippen LogP contribution is 2.26. The summed E-state index contributed by atoms with van der Waals surface area (Å²) in [6.07, 6.45) is 3.80. The van der Waals surface area contributed by atoms with Crippen molar-refractivity contribution < 1.29 is 0 Å². The van der Waals surface area contributed by atoms with Crippen molar-refractivity contribution in [1.82, 2.24) is 0 Å². The van der Waals surface area contributed by atoms with Gasteiger partial charge in [-0.1, -0.05) is 24.8 Å². The van der Waals surface area contributed by atoms with Crippen LogP contribution in [0.1, 0.15) is 24.5 Å². The number of hydrogen-bond donors (Lipinski definition) is 1. The molecule has 0 saturated heterocycles. The summed E-state index contributed by atoms with van der Waals surface area (Å²) in [5, 5.41) is 4.53. The summed E-state index contributed by atoms with van der Waals surface area (Å²) in [5.74, 6) is 1.89. The van der Waals surface area contributed by atoms with E-state index in [-0.39, 0.29) is 0 Å². The molecule has 0 saturated carbocycles. The van der Waals surface area contributed by atoms with Gasteiger partial charge in [0, 0.05) is 18.0 Å². The number of benzene rings is 1. The van der Waals surface area contributed by atoms with Crippen LogP contribution in [-0.4, -0.2) is 17.5 Å². The molecule has 1 aromatic carbocycles. The molecule has 1 unspecified atom stereocenters. The van der Waals surface area contributed by atoms with Crippen LogP contribution < -0.4 is 5.32 Å². The molecule has 3 rings (SSSR count). The Morgan fingerprint density at radius 1 is 1.29 bits per heavy atom. The number of amidine groups is 1. The van der Waals surface area contributed by atoms with Crippen LogP contribution in [0, 0.1) is 5.92 Å². The van der Waals surface area contributed by atoms with E-state index in [0.717, 1.165) is 11.7 Å². The molecule has 1 heterocycles. The largest absolute Gasteiger partial charge is 0.335 e. The minimum absolute atomic E-state index is 0.713. The summed E-state index contributed by atoms with van der Waals surface area (Å²) >= 11 is 1.84. The van der Waals surface area contributed by atoms with Crippen molar-refractivity contribution >= 4 is 22.6 Å². The van der Waals surface area contributed by atoms with Gasteiger partial charge in [-0.2, -0.15) is 0 Å². The van der Waals surface area contributed by atoms with E-state index < -0.39 is 0 Å². The van der Waals surface area contributed by atoms with E-state index in [1.54, 1.807) is 0 Å². The zero-order valence-corrected chi connectivity index (χ0v) is 11.0. The lowest BCUT2D eigenvalue weighted by Crippen LogP contribution is -2.18. The third kappa shape index (κ3) is 2.49. The molecule has 1 aliphatic carbocycles. The number of nitrogens with zero attached hydrogens (tertiary/aromatic N) is 1. The van der Waals surface area contributed by atoms with Gasteiger partial charge in [0.05, 0.1) is 0 Å². The first-order valence-electron chi connectivity index (χ1n) is 6.37. The Morgan fingerprint density at radius 3 is 3.00 bits per heavy atom. The molecule has 1 aliphatic heterocycles. The van der Waals surface area contributed by atoms with Gasteiger partial charge in [-0.25, -0.2) is 0 Å². The molecule has 0 radical (unpaired) electrons. The minimum Gasteiger partial charge on any atom is -0.335 e. The second kappa shape index (κ2) is 4.73. The summed E-state index contributed by atoms with van der Waals surface area (Å²) in [6, 6.07) is 6.75. The maximum Gasteiger partial charge on any atom is 0.161 e. The fourth-order valence-electron chi connectivity index (χ4n) is 2.41. The summed E-state index contributed by atoms with van der Waals surface area (Å²) in [6.45, 7) is 3.21. The highest BCUT2D eigenvalue weighted by Gasteiger charge is 2.14. The lowest BCUT2D eigenvalue weighted by molar-refractivity contribution is 0.674. The maximum atomic E-state index is 4.57. The molecule has 0 bridgehead atoms. The Kier molecular flexibility index (Phi) is 3.10. The second-order valence-corrected chi connectivity index (χ2v) is 6.03. The Morgan fingerprint density at radius 2 is 2.18 bits per heavy atom. The van der Waals surface area contributed by atoms with Gasteiger partial charge in [0.15, 0.2) is 5.17 Å². The number of nitrogens with one attached hydrogen (secondary N) is 1. The average molecular weight is 246 g/mol. The first kappa shape index (κ1) is 11.1. The first-order valence-corrected chi connectivity index (χ1v) is 7.36. The van der Waals surface area contributed by atoms with Crippen molar-refractivity contribution in [3.63, 3.8) is 0 Å². The van der Waals surface area contributed by atoms with Crippen LogP contribution in [0.3, 0.4) is 0 Å². The van der Waals surface area contributed by atoms with Crippen molar-refractivity contribution in [3.05, 3.63) is 29.3 Å². The fourth-order valence-corrected chi connectivity index (χ4v) is 3.31. The topological polar surface area (TPSA) is 24.4 Å². The lowest BCUT2D eigenvalue weighted by Gasteiger charge is -2.18. The fraction of sp³-hybridized carbons (Fsp3) is 0.500. The Hall–Kier alpha value is -0.960. The van der Waals surface area contributed by atoms with E-state index >= 15 is 0 Å². The van der Waals surface area contributed by atoms with Gasteiger partial charge in [-0.15, -0.1) is 0 Å². The van der Waals surface area contributed by atoms with Gasteiger partial charge >= 0.3 is 0 Å². The van der Waals surface area contributed by atoms with Crippen LogP contribution in [0.4, 0.5) is 5.69 Å². The number of hydrogen-bond acceptors (Lipinski definition) is 3. The highest BCUT2D eigenvalue weighted by atomic mass is 32.2. The third-order valence-corrected chi connectivity index (χ3v) is 4.64. The zero-order valence-electron chi connectivity index (χ0n) is 10.2. The standard InChI is InChI=1S/C14H18N2S/c1-10-8-15-14(17-9-10)16-13-6-5-11-3-2-4-12(11)7-13/h5-7,10H,2-4,8-9H2,1H3,(H,15,16). The molecule has 3 heteroatoms. The molecule has 0 amide bonds. The minimum atomic E-state index is 0.713. The Labute approximate surface area is 107 Å². The van der Waals surface area contributed by atoms with E-state index in [1.807, 2.05) is 11.8 Å². The Balaban J connectivity index is 1.73. The molecular formula is C14H18N2S. The first-order chi connectivity index (χ1) is 8.31. The third-order valence-electron chi connectivity index (χ3n) is 3.40. The predicted octanol–water partition coefficient (Wildman–Crippen LogP) is 3.33. The van der Waals surface area contributed by atoms with E-state index in [9.17, 15) is 0 Å². The van der Waals surface area contributed by atoms with Crippen molar-refractivity contribution in [3.8, 4) is 0 Å². The van der Waals surface area contributed by atoms with Crippen LogP contribution in [0.2, 0.25) is 0 Å². The van der Waals surface area contributed by atoms with Crippen molar-refractivity contribution in [2.24, 2.45) is 10.9 Å². The van der Waals surface area contributed by atoms with Gasteiger partial charge in [-0.05, 0) is 48.4 Å². The van der Waals surface area contributed by atoms with Crippen molar-refractivity contribution in [2.75, 3.05) is 17.6 Å². The predicted molar refractivity (Wildman–Crippen MR) is 76.0 cm³/mol. The SMILES string of the molecule is CC1CN=C(Nc2ccc3c(c2)CCC3)SC1. The van der Waals surface area contributed by atoms with Crippen LogP contribution in [-0.2, 0) is 12.8 Å². The molecule has 1 aromatic rings. The van der Waals surface area contributed by atoms with E-state index in [0.29, 0.717) is 5.92 Å². The smallest absolute Gasteiger partial charge is 0.161 e. The molecule has 0 spiro atoms. The van der Waals surface area contributed by atoms with Gasteiger partial charge < -0.3 is 5.32 Å². The van der Waals surface area contributed by atoms with E-state index in [4.69, 9.17) is 0 Å². The quantitative estimate of drug-likeness (QED) is 0.822. The number of aliphatic imine (C=N–C) groups is 1. The summed E-state index contributed by atoms with van der Waals surface area (Å²) in [7, 11) is 0.